The predicted octanol–water partition coefficient (Wildman–Crippen LogP) is 2.94. The molecule has 2 aromatic rings. The highest BCUT2D eigenvalue weighted by Crippen LogP contribution is 2.28. The molecule has 4 nitrogen and oxygen atoms in total. The number of para-hydroxylation sites is 1. The second-order valence-corrected chi connectivity index (χ2v) is 4.46. The third kappa shape index (κ3) is 1.76. The summed E-state index contributed by atoms with van der Waals surface area (Å²) in [6.45, 7) is 1.04. The molecule has 2 N–H and O–H groups in total. The fraction of sp³-hybridized carbons (Fsp3) is 0.214. The third-order valence-corrected chi connectivity index (χ3v) is 3.41. The van der Waals surface area contributed by atoms with E-state index in [1.807, 2.05) is 24.4 Å². The number of carbonyl (C=O) groups is 1. The maximum Gasteiger partial charge on any atom is 0.407 e. The minimum atomic E-state index is -0.844. The van der Waals surface area contributed by atoms with Gasteiger partial charge in [-0.15, -0.1) is 0 Å². The number of hydrogen-bond acceptors (Lipinski definition) is 1. The lowest BCUT2D eigenvalue weighted by atomic mass is 9.98. The molecule has 0 fully saturated rings. The number of carboxylic acid groups (broad SMARTS) is 1. The Bertz CT molecular complexity index is 628. The summed E-state index contributed by atoms with van der Waals surface area (Å²) in [5.41, 5.74) is 3.54. The van der Waals surface area contributed by atoms with Crippen molar-refractivity contribution in [2.45, 2.75) is 6.42 Å². The molecule has 1 aliphatic rings. The number of benzene rings is 1. The van der Waals surface area contributed by atoms with Crippen LogP contribution < -0.4 is 0 Å². The molecule has 0 radical (unpaired) electrons. The Hall–Kier alpha value is -2.23. The molecule has 1 aromatic heterocycles. The van der Waals surface area contributed by atoms with E-state index in [-0.39, 0.29) is 0 Å². The number of nitrogens with one attached hydrogen (secondary N) is 1. The Labute approximate surface area is 105 Å². The number of rotatable bonds is 1. The van der Waals surface area contributed by atoms with E-state index in [1.165, 1.54) is 21.4 Å². The van der Waals surface area contributed by atoms with Crippen LogP contribution >= 0.6 is 0 Å². The summed E-state index contributed by atoms with van der Waals surface area (Å²) in [4.78, 5) is 15.5. The zero-order chi connectivity index (χ0) is 12.5. The van der Waals surface area contributed by atoms with Gasteiger partial charge in [0.05, 0.1) is 5.52 Å². The van der Waals surface area contributed by atoms with Crippen LogP contribution in [-0.2, 0) is 0 Å². The highest BCUT2D eigenvalue weighted by molar-refractivity contribution is 5.91. The number of nitrogens with zero attached hydrogens (tertiary/aromatic N) is 1. The molecule has 18 heavy (non-hydrogen) atoms. The zero-order valence-electron chi connectivity index (χ0n) is 9.89. The Balaban J connectivity index is 1.96. The van der Waals surface area contributed by atoms with Crippen molar-refractivity contribution >= 4 is 22.6 Å². The van der Waals surface area contributed by atoms with E-state index in [0.717, 1.165) is 11.9 Å². The topological polar surface area (TPSA) is 56.3 Å². The van der Waals surface area contributed by atoms with Gasteiger partial charge in [-0.25, -0.2) is 4.79 Å². The van der Waals surface area contributed by atoms with Crippen molar-refractivity contribution in [2.24, 2.45) is 0 Å². The van der Waals surface area contributed by atoms with Crippen molar-refractivity contribution < 1.29 is 9.90 Å². The Morgan fingerprint density at radius 1 is 1.33 bits per heavy atom. The molecule has 1 aromatic carbocycles. The largest absolute Gasteiger partial charge is 0.465 e. The first-order valence-electron chi connectivity index (χ1n) is 5.99. The van der Waals surface area contributed by atoms with Gasteiger partial charge in [0.15, 0.2) is 0 Å². The van der Waals surface area contributed by atoms with Crippen LogP contribution in [0.25, 0.3) is 16.5 Å². The van der Waals surface area contributed by atoms with Crippen LogP contribution in [0.5, 0.6) is 0 Å². The van der Waals surface area contributed by atoms with E-state index >= 15 is 0 Å². The maximum atomic E-state index is 10.9. The van der Waals surface area contributed by atoms with Crippen LogP contribution in [-0.4, -0.2) is 34.2 Å². The molecule has 3 rings (SSSR count). The summed E-state index contributed by atoms with van der Waals surface area (Å²) in [7, 11) is 0. The Kier molecular flexibility index (Phi) is 2.55. The first kappa shape index (κ1) is 10.9. The summed E-state index contributed by atoms with van der Waals surface area (Å²) in [6.07, 6.45) is 3.86. The molecule has 0 spiro atoms. The van der Waals surface area contributed by atoms with E-state index in [1.54, 1.807) is 0 Å². The van der Waals surface area contributed by atoms with Gasteiger partial charge < -0.3 is 15.0 Å². The van der Waals surface area contributed by atoms with Crippen molar-refractivity contribution in [1.29, 1.82) is 0 Å². The fourth-order valence-corrected chi connectivity index (χ4v) is 2.44. The normalized spacial score (nSPS) is 15.8. The molecule has 0 saturated carbocycles. The standard InChI is InChI=1S/C14H14N2O2/c17-14(18)16-8-5-10(6-9-16)12-3-1-2-11-4-7-15-13(11)12/h1-5,7,15H,6,8-9H2,(H,17,18). The SMILES string of the molecule is O=C(O)N1CC=C(c2cccc3cc[nH]c23)CC1. The second-order valence-electron chi connectivity index (χ2n) is 4.46. The molecular formula is C14H14N2O2. The molecule has 0 aliphatic carbocycles. The summed E-state index contributed by atoms with van der Waals surface area (Å²) in [6, 6.07) is 8.24. The minimum Gasteiger partial charge on any atom is -0.465 e. The number of hydrogen-bond donors (Lipinski definition) is 2. The molecule has 0 bridgehead atoms. The molecular weight excluding hydrogens is 228 g/mol. The highest BCUT2D eigenvalue weighted by Gasteiger charge is 2.17. The van der Waals surface area contributed by atoms with Crippen LogP contribution in [0.15, 0.2) is 36.5 Å². The lowest BCUT2D eigenvalue weighted by molar-refractivity contribution is 0.150. The van der Waals surface area contributed by atoms with Crippen LogP contribution in [0, 0.1) is 0 Å². The monoisotopic (exact) mass is 242 g/mol. The highest BCUT2D eigenvalue weighted by atomic mass is 16.4. The van der Waals surface area contributed by atoms with Crippen molar-refractivity contribution in [3.63, 3.8) is 0 Å². The summed E-state index contributed by atoms with van der Waals surface area (Å²) >= 11 is 0. The van der Waals surface area contributed by atoms with E-state index in [4.69, 9.17) is 5.11 Å². The van der Waals surface area contributed by atoms with Crippen LogP contribution in [0.4, 0.5) is 4.79 Å². The van der Waals surface area contributed by atoms with Gasteiger partial charge in [0.2, 0.25) is 0 Å². The minimum absolute atomic E-state index is 0.474. The lowest BCUT2D eigenvalue weighted by Crippen LogP contribution is -2.33. The molecule has 2 heterocycles. The maximum absolute atomic E-state index is 10.9. The number of H-pyrrole nitrogens is 1. The zero-order valence-corrected chi connectivity index (χ0v) is 9.89. The summed E-state index contributed by atoms with van der Waals surface area (Å²) in [5, 5.41) is 10.1. The number of amides is 1. The van der Waals surface area contributed by atoms with Gasteiger partial charge in [-0.3, -0.25) is 0 Å². The van der Waals surface area contributed by atoms with Gasteiger partial charge >= 0.3 is 6.09 Å². The molecule has 0 saturated heterocycles. The van der Waals surface area contributed by atoms with Crippen molar-refractivity contribution in [3.05, 3.63) is 42.1 Å². The molecule has 4 heteroatoms. The smallest absolute Gasteiger partial charge is 0.407 e. The third-order valence-electron chi connectivity index (χ3n) is 3.41. The summed E-state index contributed by atoms with van der Waals surface area (Å²) < 4.78 is 0. The first-order chi connectivity index (χ1) is 8.75. The van der Waals surface area contributed by atoms with Gasteiger partial charge in [-0.2, -0.15) is 0 Å². The molecule has 0 unspecified atom stereocenters. The molecule has 0 atom stereocenters. The predicted molar refractivity (Wildman–Crippen MR) is 70.5 cm³/mol. The molecule has 1 amide bonds. The quantitative estimate of drug-likeness (QED) is 0.807. The fourth-order valence-electron chi connectivity index (χ4n) is 2.44. The van der Waals surface area contributed by atoms with Gasteiger partial charge in [-0.1, -0.05) is 24.3 Å². The van der Waals surface area contributed by atoms with Crippen molar-refractivity contribution in [2.75, 3.05) is 13.1 Å². The average molecular weight is 242 g/mol. The Morgan fingerprint density at radius 2 is 2.22 bits per heavy atom. The van der Waals surface area contributed by atoms with Gasteiger partial charge in [0.25, 0.3) is 0 Å². The number of aromatic amines is 1. The van der Waals surface area contributed by atoms with E-state index in [9.17, 15) is 4.79 Å². The van der Waals surface area contributed by atoms with Crippen molar-refractivity contribution in [3.8, 4) is 0 Å². The molecule has 92 valence electrons. The van der Waals surface area contributed by atoms with Gasteiger partial charge in [0, 0.05) is 24.8 Å². The van der Waals surface area contributed by atoms with Crippen LogP contribution in [0.2, 0.25) is 0 Å². The van der Waals surface area contributed by atoms with E-state index < -0.39 is 6.09 Å². The van der Waals surface area contributed by atoms with E-state index in [0.29, 0.717) is 13.1 Å². The van der Waals surface area contributed by atoms with Crippen LogP contribution in [0.3, 0.4) is 0 Å². The van der Waals surface area contributed by atoms with Gasteiger partial charge in [-0.05, 0) is 23.4 Å². The average Bonchev–Trinajstić information content (AvgIpc) is 2.87. The Morgan fingerprint density at radius 3 is 2.94 bits per heavy atom. The summed E-state index contributed by atoms with van der Waals surface area (Å²) in [5.74, 6) is 0. The van der Waals surface area contributed by atoms with Crippen LogP contribution in [0.1, 0.15) is 12.0 Å². The molecule has 1 aliphatic heterocycles. The first-order valence-corrected chi connectivity index (χ1v) is 5.99. The van der Waals surface area contributed by atoms with Gasteiger partial charge in [0.1, 0.15) is 0 Å². The van der Waals surface area contributed by atoms with Crippen molar-refractivity contribution in [1.82, 2.24) is 9.88 Å². The number of fused-ring (bicyclic) bond motifs is 1. The second kappa shape index (κ2) is 4.22. The number of aromatic nitrogens is 1. The lowest BCUT2D eigenvalue weighted by Gasteiger charge is -2.24. The van der Waals surface area contributed by atoms with E-state index in [2.05, 4.69) is 17.1 Å².